The Morgan fingerprint density at radius 2 is 1.96 bits per heavy atom. The molecule has 1 aliphatic rings. The van der Waals surface area contributed by atoms with Crippen LogP contribution in [0.5, 0.6) is 0 Å². The predicted molar refractivity (Wildman–Crippen MR) is 107 cm³/mol. The molecule has 28 heavy (non-hydrogen) atoms. The Morgan fingerprint density at radius 3 is 2.68 bits per heavy atom. The second-order valence-corrected chi connectivity index (χ2v) is 8.76. The number of aromatic nitrogens is 3. The van der Waals surface area contributed by atoms with Crippen LogP contribution in [0.2, 0.25) is 0 Å². The van der Waals surface area contributed by atoms with Crippen LogP contribution < -0.4 is 0 Å². The highest BCUT2D eigenvalue weighted by Crippen LogP contribution is 2.27. The quantitative estimate of drug-likeness (QED) is 0.636. The molecule has 0 bridgehead atoms. The second-order valence-electron chi connectivity index (χ2n) is 6.82. The number of imidazole rings is 1. The smallest absolute Gasteiger partial charge is 0.243 e. The summed E-state index contributed by atoms with van der Waals surface area (Å²) in [5, 5.41) is 0. The average Bonchev–Trinajstić information content (AvgIpc) is 3.11. The molecule has 4 rings (SSSR count). The molecule has 8 heteroatoms. The maximum absolute atomic E-state index is 13.0. The maximum Gasteiger partial charge on any atom is 0.243 e. The minimum Gasteiger partial charge on any atom is -0.379 e. The highest BCUT2D eigenvalue weighted by Gasteiger charge is 2.27. The number of unbranched alkanes of at least 4 members (excludes halogenated alkanes) is 1. The summed E-state index contributed by atoms with van der Waals surface area (Å²) < 4.78 is 34.9. The Labute approximate surface area is 165 Å². The molecule has 2 aromatic heterocycles. The summed E-state index contributed by atoms with van der Waals surface area (Å²) in [5.74, 6) is 0.768. The van der Waals surface area contributed by atoms with Crippen LogP contribution in [-0.2, 0) is 21.3 Å². The molecule has 7 nitrogen and oxygen atoms in total. The summed E-state index contributed by atoms with van der Waals surface area (Å²) >= 11 is 0. The Kier molecular flexibility index (Phi) is 5.43. The highest BCUT2D eigenvalue weighted by molar-refractivity contribution is 7.89. The third-order valence-corrected chi connectivity index (χ3v) is 6.85. The van der Waals surface area contributed by atoms with Crippen LogP contribution >= 0.6 is 0 Å². The summed E-state index contributed by atoms with van der Waals surface area (Å²) in [7, 11) is -3.55. The van der Waals surface area contributed by atoms with E-state index < -0.39 is 10.0 Å². The summed E-state index contributed by atoms with van der Waals surface area (Å²) in [4.78, 5) is 9.45. The van der Waals surface area contributed by atoms with Gasteiger partial charge in [0.25, 0.3) is 0 Å². The van der Waals surface area contributed by atoms with E-state index in [-0.39, 0.29) is 4.90 Å². The van der Waals surface area contributed by atoms with Gasteiger partial charge in [-0.2, -0.15) is 4.31 Å². The van der Waals surface area contributed by atoms with E-state index in [1.54, 1.807) is 18.3 Å². The first-order chi connectivity index (χ1) is 13.6. The lowest BCUT2D eigenvalue weighted by molar-refractivity contribution is 0.0730. The molecule has 0 saturated carbocycles. The number of hydrogen-bond donors (Lipinski definition) is 0. The van der Waals surface area contributed by atoms with E-state index in [9.17, 15) is 8.42 Å². The number of pyridine rings is 1. The summed E-state index contributed by atoms with van der Waals surface area (Å²) in [6.07, 6.45) is 3.82. The van der Waals surface area contributed by atoms with Crippen LogP contribution in [0.3, 0.4) is 0 Å². The lowest BCUT2D eigenvalue weighted by Gasteiger charge is -2.26. The number of hydrogen-bond acceptors (Lipinski definition) is 5. The van der Waals surface area contributed by atoms with Gasteiger partial charge >= 0.3 is 0 Å². The molecule has 3 heterocycles. The molecular weight excluding hydrogens is 376 g/mol. The topological polar surface area (TPSA) is 77.3 Å². The van der Waals surface area contributed by atoms with Gasteiger partial charge in [0.15, 0.2) is 5.82 Å². The van der Waals surface area contributed by atoms with Crippen molar-refractivity contribution < 1.29 is 13.2 Å². The molecule has 1 aliphatic heterocycles. The van der Waals surface area contributed by atoms with Crippen LogP contribution in [0.15, 0.2) is 47.5 Å². The number of morpholine rings is 1. The number of nitrogens with zero attached hydrogens (tertiary/aromatic N) is 4. The van der Waals surface area contributed by atoms with Gasteiger partial charge in [-0.05, 0) is 36.8 Å². The fourth-order valence-corrected chi connectivity index (χ4v) is 4.87. The van der Waals surface area contributed by atoms with Crippen molar-refractivity contribution in [3.05, 3.63) is 42.6 Å². The van der Waals surface area contributed by atoms with E-state index in [0.717, 1.165) is 36.4 Å². The van der Waals surface area contributed by atoms with Gasteiger partial charge in [0.2, 0.25) is 10.0 Å². The largest absolute Gasteiger partial charge is 0.379 e. The fraction of sp³-hybridized carbons (Fsp3) is 0.400. The number of fused-ring (bicyclic) bond motifs is 1. The van der Waals surface area contributed by atoms with Gasteiger partial charge in [-0.15, -0.1) is 0 Å². The van der Waals surface area contributed by atoms with Crippen molar-refractivity contribution in [2.75, 3.05) is 26.3 Å². The first-order valence-corrected chi connectivity index (χ1v) is 11.0. The van der Waals surface area contributed by atoms with Gasteiger partial charge in [0.05, 0.1) is 29.1 Å². The molecule has 0 aliphatic carbocycles. The zero-order chi connectivity index (χ0) is 19.6. The normalized spacial score (nSPS) is 15.9. The lowest BCUT2D eigenvalue weighted by atomic mass is 10.3. The summed E-state index contributed by atoms with van der Waals surface area (Å²) in [5.41, 5.74) is 2.38. The van der Waals surface area contributed by atoms with Gasteiger partial charge in [0.1, 0.15) is 5.69 Å². The van der Waals surface area contributed by atoms with E-state index in [1.807, 2.05) is 24.3 Å². The van der Waals surface area contributed by atoms with Crippen molar-refractivity contribution >= 4 is 21.1 Å². The monoisotopic (exact) mass is 400 g/mol. The molecule has 0 atom stereocenters. The summed E-state index contributed by atoms with van der Waals surface area (Å²) in [6.45, 7) is 4.57. The Bertz CT molecular complexity index is 1060. The molecule has 148 valence electrons. The van der Waals surface area contributed by atoms with Crippen LogP contribution in [0.25, 0.3) is 22.6 Å². The number of rotatable bonds is 6. The van der Waals surface area contributed by atoms with Crippen molar-refractivity contribution in [1.82, 2.24) is 18.8 Å². The standard InChI is InChI=1S/C20H24N4O3S/c1-2-3-10-24-19-8-7-16(28(25,26)23-11-13-27-14-12-23)15-18(19)22-20(24)17-6-4-5-9-21-17/h4-9,15H,2-3,10-14H2,1H3. The van der Waals surface area contributed by atoms with Gasteiger partial charge in [-0.3, -0.25) is 4.98 Å². The third-order valence-electron chi connectivity index (χ3n) is 4.96. The van der Waals surface area contributed by atoms with Gasteiger partial charge < -0.3 is 9.30 Å². The Morgan fingerprint density at radius 1 is 1.14 bits per heavy atom. The van der Waals surface area contributed by atoms with Crippen molar-refractivity contribution in [2.45, 2.75) is 31.2 Å². The summed E-state index contributed by atoms with van der Waals surface area (Å²) in [6, 6.07) is 10.9. The van der Waals surface area contributed by atoms with E-state index in [0.29, 0.717) is 31.8 Å². The van der Waals surface area contributed by atoms with Crippen molar-refractivity contribution in [2.24, 2.45) is 0 Å². The number of aryl methyl sites for hydroxylation is 1. The van der Waals surface area contributed by atoms with Crippen LogP contribution in [0.4, 0.5) is 0 Å². The first kappa shape index (κ1) is 19.0. The van der Waals surface area contributed by atoms with Crippen LogP contribution in [0, 0.1) is 0 Å². The van der Waals surface area contributed by atoms with E-state index in [4.69, 9.17) is 9.72 Å². The van der Waals surface area contributed by atoms with Crippen LogP contribution in [0.1, 0.15) is 19.8 Å². The minimum absolute atomic E-state index is 0.273. The van der Waals surface area contributed by atoms with Gasteiger partial charge in [-0.25, -0.2) is 13.4 Å². The Hall–Kier alpha value is -2.29. The second kappa shape index (κ2) is 7.98. The maximum atomic E-state index is 13.0. The molecule has 0 radical (unpaired) electrons. The zero-order valence-electron chi connectivity index (χ0n) is 15.9. The number of sulfonamides is 1. The molecule has 0 N–H and O–H groups in total. The van der Waals surface area contributed by atoms with Crippen LogP contribution in [-0.4, -0.2) is 53.6 Å². The predicted octanol–water partition coefficient (Wildman–Crippen LogP) is 2.92. The van der Waals surface area contributed by atoms with E-state index >= 15 is 0 Å². The van der Waals surface area contributed by atoms with Crippen molar-refractivity contribution in [3.63, 3.8) is 0 Å². The van der Waals surface area contributed by atoms with Gasteiger partial charge in [0, 0.05) is 25.8 Å². The van der Waals surface area contributed by atoms with E-state index in [2.05, 4.69) is 16.5 Å². The van der Waals surface area contributed by atoms with E-state index in [1.165, 1.54) is 4.31 Å². The first-order valence-electron chi connectivity index (χ1n) is 9.61. The minimum atomic E-state index is -3.55. The zero-order valence-corrected chi connectivity index (χ0v) is 16.7. The molecule has 0 amide bonds. The molecule has 0 unspecified atom stereocenters. The molecule has 1 fully saturated rings. The number of ether oxygens (including phenoxy) is 1. The van der Waals surface area contributed by atoms with Crippen molar-refractivity contribution in [1.29, 1.82) is 0 Å². The average molecular weight is 401 g/mol. The van der Waals surface area contributed by atoms with Gasteiger partial charge in [-0.1, -0.05) is 19.4 Å². The number of benzene rings is 1. The fourth-order valence-electron chi connectivity index (χ4n) is 3.44. The van der Waals surface area contributed by atoms with Crippen molar-refractivity contribution in [3.8, 4) is 11.5 Å². The SMILES string of the molecule is CCCCn1c(-c2ccccn2)nc2cc(S(=O)(=O)N3CCOCC3)ccc21. The third kappa shape index (κ3) is 3.55. The lowest BCUT2D eigenvalue weighted by Crippen LogP contribution is -2.40. The molecule has 1 aromatic carbocycles. The molecular formula is C20H24N4O3S. The highest BCUT2D eigenvalue weighted by atomic mass is 32.2. The molecule has 0 spiro atoms. The Balaban J connectivity index is 1.79. The molecule has 1 saturated heterocycles. The molecule has 3 aromatic rings.